The molecule has 1 heterocycles. The van der Waals surface area contributed by atoms with E-state index in [0.717, 1.165) is 11.1 Å². The Morgan fingerprint density at radius 3 is 2.07 bits per heavy atom. The van der Waals surface area contributed by atoms with Gasteiger partial charge in [-0.25, -0.2) is 0 Å². The minimum absolute atomic E-state index is 0.0524. The van der Waals surface area contributed by atoms with E-state index in [0.29, 0.717) is 24.0 Å². The summed E-state index contributed by atoms with van der Waals surface area (Å²) < 4.78 is 0. The number of guanidine groups is 1. The van der Waals surface area contributed by atoms with Crippen molar-refractivity contribution in [2.75, 3.05) is 6.54 Å². The molecule has 42 heavy (non-hydrogen) atoms. The predicted molar refractivity (Wildman–Crippen MR) is 161 cm³/mol. The number of amidine groups is 1. The molecule has 3 atom stereocenters. The Balaban J connectivity index is 1.84. The van der Waals surface area contributed by atoms with Crippen LogP contribution in [0.15, 0.2) is 84.1 Å². The maximum Gasteiger partial charge on any atom is 0.243 e. The van der Waals surface area contributed by atoms with E-state index in [9.17, 15) is 14.4 Å². The average Bonchev–Trinajstić information content (AvgIpc) is 2.97. The molecule has 1 aromatic heterocycles. The van der Waals surface area contributed by atoms with Gasteiger partial charge in [0.15, 0.2) is 5.96 Å². The standard InChI is InChI=1S/C30H37N9O3/c31-26(32)21-12-10-20(11-13-21)16-23(22-8-4-14-36-18-22)28(41)39-25(17-19-6-2-1-3-7-19)29(42)38-24(27(33)40)9-5-15-37-30(34)35/h1-4,6-8,10-14,18,23-25H,5,9,15-17H2,(H3,31,32)(H2,33,40)(H,38,42)(H,39,41)(H4,34,35,37)/t23-,24+,25+/m1/s1. The second-order valence-electron chi connectivity index (χ2n) is 9.82. The third-order valence-electron chi connectivity index (χ3n) is 6.63. The molecule has 0 aliphatic heterocycles. The molecule has 3 amide bonds. The van der Waals surface area contributed by atoms with Crippen molar-refractivity contribution in [3.8, 4) is 0 Å². The lowest BCUT2D eigenvalue weighted by atomic mass is 9.91. The van der Waals surface area contributed by atoms with Crippen molar-refractivity contribution in [1.82, 2.24) is 15.6 Å². The van der Waals surface area contributed by atoms with Crippen molar-refractivity contribution in [3.05, 3.63) is 101 Å². The molecule has 0 radical (unpaired) electrons. The molecule has 3 rings (SSSR count). The minimum atomic E-state index is -1.00. The number of nitrogen functional groups attached to an aromatic ring is 1. The van der Waals surface area contributed by atoms with Crippen LogP contribution in [0.25, 0.3) is 0 Å². The zero-order valence-electron chi connectivity index (χ0n) is 23.2. The molecular formula is C30H37N9O3. The van der Waals surface area contributed by atoms with Crippen molar-refractivity contribution in [2.24, 2.45) is 27.9 Å². The number of pyridine rings is 1. The molecule has 11 N–H and O–H groups in total. The molecule has 0 saturated heterocycles. The lowest BCUT2D eigenvalue weighted by Gasteiger charge is -2.25. The van der Waals surface area contributed by atoms with Crippen LogP contribution in [0.1, 0.15) is 41.0 Å². The first kappa shape index (κ1) is 31.3. The average molecular weight is 572 g/mol. The maximum absolute atomic E-state index is 13.8. The van der Waals surface area contributed by atoms with Gasteiger partial charge in [0.05, 0.1) is 5.92 Å². The highest BCUT2D eigenvalue weighted by molar-refractivity contribution is 5.95. The SMILES string of the molecule is N=C(N)c1ccc(C[C@@H](C(=O)N[C@@H](Cc2ccccc2)C(=O)N[C@@H](CCCN=C(N)N)C(N)=O)c2cccnc2)cc1. The molecule has 0 aliphatic carbocycles. The van der Waals surface area contributed by atoms with Crippen molar-refractivity contribution in [3.63, 3.8) is 0 Å². The van der Waals surface area contributed by atoms with Crippen LogP contribution in [0.5, 0.6) is 0 Å². The van der Waals surface area contributed by atoms with E-state index in [1.807, 2.05) is 30.3 Å². The number of hydrogen-bond acceptors (Lipinski definition) is 6. The molecular weight excluding hydrogens is 534 g/mol. The number of aromatic nitrogens is 1. The van der Waals surface area contributed by atoms with Gasteiger partial charge in [0.1, 0.15) is 17.9 Å². The molecule has 220 valence electrons. The van der Waals surface area contributed by atoms with Gasteiger partial charge in [-0.1, -0.05) is 60.7 Å². The van der Waals surface area contributed by atoms with Crippen molar-refractivity contribution < 1.29 is 14.4 Å². The number of aliphatic imine (C=N–C) groups is 1. The number of nitrogens with zero attached hydrogens (tertiary/aromatic N) is 2. The number of primary amides is 1. The van der Waals surface area contributed by atoms with Gasteiger partial charge in [-0.3, -0.25) is 29.8 Å². The van der Waals surface area contributed by atoms with Gasteiger partial charge in [0.2, 0.25) is 17.7 Å². The van der Waals surface area contributed by atoms with E-state index >= 15 is 0 Å². The van der Waals surface area contributed by atoms with E-state index in [1.165, 1.54) is 0 Å². The first-order chi connectivity index (χ1) is 20.1. The van der Waals surface area contributed by atoms with Crippen molar-refractivity contribution >= 4 is 29.5 Å². The summed E-state index contributed by atoms with van der Waals surface area (Å²) in [5, 5.41) is 13.2. The Hall–Kier alpha value is -5.26. The fourth-order valence-electron chi connectivity index (χ4n) is 4.39. The Bertz CT molecular complexity index is 1380. The summed E-state index contributed by atoms with van der Waals surface area (Å²) in [6.07, 6.45) is 4.35. The molecule has 12 nitrogen and oxygen atoms in total. The fourth-order valence-corrected chi connectivity index (χ4v) is 4.39. The number of carbonyl (C=O) groups is 3. The molecule has 0 unspecified atom stereocenters. The van der Waals surface area contributed by atoms with E-state index in [4.69, 9.17) is 28.3 Å². The number of amides is 3. The molecule has 0 spiro atoms. The summed E-state index contributed by atoms with van der Waals surface area (Å²) in [4.78, 5) is 47.5. The van der Waals surface area contributed by atoms with Crippen LogP contribution in [0.2, 0.25) is 0 Å². The molecule has 0 saturated carbocycles. The van der Waals surface area contributed by atoms with Gasteiger partial charge in [0, 0.05) is 30.9 Å². The van der Waals surface area contributed by atoms with E-state index < -0.39 is 35.7 Å². The number of rotatable bonds is 15. The largest absolute Gasteiger partial charge is 0.384 e. The topological polar surface area (TPSA) is 228 Å². The minimum Gasteiger partial charge on any atom is -0.384 e. The first-order valence-corrected chi connectivity index (χ1v) is 13.5. The van der Waals surface area contributed by atoms with E-state index in [1.54, 1.807) is 48.8 Å². The summed E-state index contributed by atoms with van der Waals surface area (Å²) >= 11 is 0. The monoisotopic (exact) mass is 571 g/mol. The van der Waals surface area contributed by atoms with Gasteiger partial charge < -0.3 is 33.6 Å². The molecule has 2 aromatic carbocycles. The predicted octanol–water partition coefficient (Wildman–Crippen LogP) is 0.443. The van der Waals surface area contributed by atoms with Crippen LogP contribution < -0.4 is 33.6 Å². The molecule has 3 aromatic rings. The summed E-state index contributed by atoms with van der Waals surface area (Å²) in [6.45, 7) is 0.270. The fraction of sp³-hybridized carbons (Fsp3) is 0.267. The van der Waals surface area contributed by atoms with Crippen molar-refractivity contribution in [2.45, 2.75) is 43.7 Å². The summed E-state index contributed by atoms with van der Waals surface area (Å²) in [7, 11) is 0. The summed E-state index contributed by atoms with van der Waals surface area (Å²) in [5.74, 6) is -2.45. The number of benzene rings is 2. The molecule has 12 heteroatoms. The highest BCUT2D eigenvalue weighted by atomic mass is 16.2. The van der Waals surface area contributed by atoms with Crippen LogP contribution in [-0.2, 0) is 27.2 Å². The summed E-state index contributed by atoms with van der Waals surface area (Å²) in [5.41, 5.74) is 24.7. The van der Waals surface area contributed by atoms with Crippen LogP contribution in [-0.4, -0.2) is 53.1 Å². The highest BCUT2D eigenvalue weighted by Crippen LogP contribution is 2.22. The van der Waals surface area contributed by atoms with E-state index in [-0.39, 0.29) is 31.2 Å². The Morgan fingerprint density at radius 1 is 0.810 bits per heavy atom. The second-order valence-corrected chi connectivity index (χ2v) is 9.82. The van der Waals surface area contributed by atoms with Gasteiger partial charge >= 0.3 is 0 Å². The van der Waals surface area contributed by atoms with Gasteiger partial charge in [-0.05, 0) is 42.0 Å². The van der Waals surface area contributed by atoms with Gasteiger partial charge in [-0.15, -0.1) is 0 Å². The van der Waals surface area contributed by atoms with Crippen LogP contribution in [0.3, 0.4) is 0 Å². The molecule has 0 aliphatic rings. The normalized spacial score (nSPS) is 12.8. The molecule has 0 fully saturated rings. The quantitative estimate of drug-likeness (QED) is 0.0772. The third kappa shape index (κ3) is 9.73. The number of nitrogens with one attached hydrogen (secondary N) is 3. The Morgan fingerprint density at radius 2 is 1.48 bits per heavy atom. The first-order valence-electron chi connectivity index (χ1n) is 13.5. The van der Waals surface area contributed by atoms with Crippen LogP contribution in [0, 0.1) is 5.41 Å². The summed E-state index contributed by atoms with van der Waals surface area (Å²) in [6, 6.07) is 17.8. The maximum atomic E-state index is 13.8. The van der Waals surface area contributed by atoms with Crippen molar-refractivity contribution in [1.29, 1.82) is 5.41 Å². The molecule has 0 bridgehead atoms. The van der Waals surface area contributed by atoms with E-state index in [2.05, 4.69) is 20.6 Å². The smallest absolute Gasteiger partial charge is 0.243 e. The van der Waals surface area contributed by atoms with Gasteiger partial charge in [-0.2, -0.15) is 0 Å². The Labute approximate surface area is 244 Å². The van der Waals surface area contributed by atoms with Crippen LogP contribution in [0.4, 0.5) is 0 Å². The highest BCUT2D eigenvalue weighted by Gasteiger charge is 2.29. The van der Waals surface area contributed by atoms with Crippen LogP contribution >= 0.6 is 0 Å². The number of carbonyl (C=O) groups excluding carboxylic acids is 3. The second kappa shape index (κ2) is 15.5. The Kier molecular flexibility index (Phi) is 11.5. The number of hydrogen-bond donors (Lipinski definition) is 7. The van der Waals surface area contributed by atoms with Gasteiger partial charge in [0.25, 0.3) is 0 Å². The zero-order chi connectivity index (χ0) is 30.5. The zero-order valence-corrected chi connectivity index (χ0v) is 23.2. The third-order valence-corrected chi connectivity index (χ3v) is 6.63. The lowest BCUT2D eigenvalue weighted by molar-refractivity contribution is -0.131. The number of nitrogens with two attached hydrogens (primary N) is 4. The lowest BCUT2D eigenvalue weighted by Crippen LogP contribution is -2.54.